The van der Waals surface area contributed by atoms with Crippen molar-refractivity contribution in [2.24, 2.45) is 5.73 Å². The third-order valence-electron chi connectivity index (χ3n) is 1.95. The van der Waals surface area contributed by atoms with Crippen molar-refractivity contribution in [3.05, 3.63) is 24.3 Å². The zero-order valence-electron chi connectivity index (χ0n) is 8.50. The Labute approximate surface area is 108 Å². The number of nitrogens with zero attached hydrogens (tertiary/aromatic N) is 1. The third-order valence-corrected chi connectivity index (χ3v) is 4.27. The van der Waals surface area contributed by atoms with Gasteiger partial charge in [-0.05, 0) is 12.1 Å². The van der Waals surface area contributed by atoms with Crippen molar-refractivity contribution in [2.75, 3.05) is 12.3 Å². The maximum Gasteiger partial charge on any atom is 0.151 e. The van der Waals surface area contributed by atoms with Crippen molar-refractivity contribution in [1.82, 2.24) is 4.98 Å². The minimum absolute atomic E-state index is 0. The molecule has 3 nitrogen and oxygen atoms in total. The molecular weight excluding hydrogens is 264 g/mol. The van der Waals surface area contributed by atoms with Crippen molar-refractivity contribution in [3.8, 4) is 0 Å². The van der Waals surface area contributed by atoms with Gasteiger partial charge in [-0.15, -0.1) is 23.7 Å². The SMILES string of the molecule is Cl.NCC(O)CSc1nc2ccccc2s1. The van der Waals surface area contributed by atoms with Crippen LogP contribution in [0.15, 0.2) is 28.6 Å². The number of aromatic nitrogens is 1. The lowest BCUT2D eigenvalue weighted by Gasteiger charge is -2.03. The van der Waals surface area contributed by atoms with Crippen LogP contribution in [-0.2, 0) is 0 Å². The van der Waals surface area contributed by atoms with Crippen LogP contribution in [0.5, 0.6) is 0 Å². The van der Waals surface area contributed by atoms with E-state index in [0.29, 0.717) is 12.3 Å². The van der Waals surface area contributed by atoms with Crippen LogP contribution in [0.3, 0.4) is 0 Å². The number of thiazole rings is 1. The predicted octanol–water partition coefficient (Wildman–Crippen LogP) is 2.13. The molecule has 2 aromatic rings. The molecule has 0 amide bonds. The first kappa shape index (κ1) is 13.7. The van der Waals surface area contributed by atoms with Gasteiger partial charge in [0.1, 0.15) is 0 Å². The second kappa shape index (κ2) is 6.42. The summed E-state index contributed by atoms with van der Waals surface area (Å²) in [5.74, 6) is 0.607. The number of benzene rings is 1. The van der Waals surface area contributed by atoms with Gasteiger partial charge < -0.3 is 10.8 Å². The molecule has 0 saturated heterocycles. The number of rotatable bonds is 4. The van der Waals surface area contributed by atoms with E-state index in [2.05, 4.69) is 11.1 Å². The van der Waals surface area contributed by atoms with Crippen molar-refractivity contribution in [3.63, 3.8) is 0 Å². The lowest BCUT2D eigenvalue weighted by Crippen LogP contribution is -2.21. The number of thioether (sulfide) groups is 1. The first-order valence-corrected chi connectivity index (χ1v) is 6.46. The Bertz CT molecular complexity index is 416. The number of halogens is 1. The van der Waals surface area contributed by atoms with Crippen LogP contribution in [0.1, 0.15) is 0 Å². The van der Waals surface area contributed by atoms with Gasteiger partial charge in [-0.2, -0.15) is 0 Å². The fraction of sp³-hybridized carbons (Fsp3) is 0.300. The summed E-state index contributed by atoms with van der Waals surface area (Å²) in [6.45, 7) is 0.303. The van der Waals surface area contributed by atoms with Crippen LogP contribution in [-0.4, -0.2) is 28.5 Å². The standard InChI is InChI=1S/C10H12N2OS2.ClH/c11-5-7(13)6-14-10-12-8-3-1-2-4-9(8)15-10;/h1-4,7,13H,5-6,11H2;1H. The minimum Gasteiger partial charge on any atom is -0.391 e. The molecule has 1 aromatic carbocycles. The molecule has 16 heavy (non-hydrogen) atoms. The van der Waals surface area contributed by atoms with Crippen LogP contribution in [0.2, 0.25) is 0 Å². The van der Waals surface area contributed by atoms with Gasteiger partial charge in [0, 0.05) is 12.3 Å². The summed E-state index contributed by atoms with van der Waals surface area (Å²) in [5, 5.41) is 9.33. The highest BCUT2D eigenvalue weighted by atomic mass is 35.5. The van der Waals surface area contributed by atoms with E-state index >= 15 is 0 Å². The number of fused-ring (bicyclic) bond motifs is 1. The average molecular weight is 277 g/mol. The Kier molecular flexibility index (Phi) is 5.51. The van der Waals surface area contributed by atoms with Crippen LogP contribution < -0.4 is 5.73 Å². The van der Waals surface area contributed by atoms with E-state index < -0.39 is 6.10 Å². The fourth-order valence-corrected chi connectivity index (χ4v) is 3.19. The van der Waals surface area contributed by atoms with Crippen LogP contribution in [0, 0.1) is 0 Å². The monoisotopic (exact) mass is 276 g/mol. The first-order valence-electron chi connectivity index (χ1n) is 4.66. The van der Waals surface area contributed by atoms with Gasteiger partial charge in [0.05, 0.1) is 16.3 Å². The van der Waals surface area contributed by atoms with E-state index in [1.54, 1.807) is 23.1 Å². The minimum atomic E-state index is -0.443. The zero-order valence-corrected chi connectivity index (χ0v) is 10.9. The third kappa shape index (κ3) is 3.33. The number of hydrogen-bond acceptors (Lipinski definition) is 5. The van der Waals surface area contributed by atoms with E-state index in [9.17, 15) is 5.11 Å². The van der Waals surface area contributed by atoms with Crippen molar-refractivity contribution in [1.29, 1.82) is 0 Å². The van der Waals surface area contributed by atoms with Crippen LogP contribution >= 0.6 is 35.5 Å². The summed E-state index contributed by atoms with van der Waals surface area (Å²) in [6.07, 6.45) is -0.443. The number of aliphatic hydroxyl groups excluding tert-OH is 1. The molecule has 6 heteroatoms. The lowest BCUT2D eigenvalue weighted by atomic mass is 10.3. The molecule has 2 rings (SSSR count). The molecule has 0 radical (unpaired) electrons. The number of hydrogen-bond donors (Lipinski definition) is 2. The lowest BCUT2D eigenvalue weighted by molar-refractivity contribution is 0.208. The number of para-hydroxylation sites is 1. The smallest absolute Gasteiger partial charge is 0.151 e. The normalized spacial score (nSPS) is 12.4. The molecule has 1 atom stereocenters. The largest absolute Gasteiger partial charge is 0.391 e. The molecular formula is C10H13ClN2OS2. The molecule has 0 aliphatic carbocycles. The van der Waals surface area contributed by atoms with Gasteiger partial charge >= 0.3 is 0 Å². The summed E-state index contributed by atoms with van der Waals surface area (Å²) in [4.78, 5) is 4.45. The van der Waals surface area contributed by atoms with Gasteiger partial charge in [0.15, 0.2) is 4.34 Å². The van der Waals surface area contributed by atoms with Gasteiger partial charge in [-0.1, -0.05) is 23.9 Å². The first-order chi connectivity index (χ1) is 7.29. The second-order valence-electron chi connectivity index (χ2n) is 3.15. The van der Waals surface area contributed by atoms with Gasteiger partial charge in [-0.3, -0.25) is 0 Å². The number of nitrogens with two attached hydrogens (primary N) is 1. The Morgan fingerprint density at radius 3 is 2.88 bits per heavy atom. The highest BCUT2D eigenvalue weighted by molar-refractivity contribution is 8.01. The van der Waals surface area contributed by atoms with E-state index in [1.807, 2.05) is 18.2 Å². The molecule has 1 heterocycles. The van der Waals surface area contributed by atoms with E-state index in [4.69, 9.17) is 5.73 Å². The fourth-order valence-electron chi connectivity index (χ4n) is 1.15. The van der Waals surface area contributed by atoms with E-state index in [-0.39, 0.29) is 12.4 Å². The average Bonchev–Trinajstić information content (AvgIpc) is 2.68. The topological polar surface area (TPSA) is 59.1 Å². The molecule has 0 spiro atoms. The quantitative estimate of drug-likeness (QED) is 0.840. The summed E-state index contributed by atoms with van der Waals surface area (Å²) in [5.41, 5.74) is 6.35. The molecule has 1 unspecified atom stereocenters. The highest BCUT2D eigenvalue weighted by Gasteiger charge is 2.06. The summed E-state index contributed by atoms with van der Waals surface area (Å²) < 4.78 is 2.17. The van der Waals surface area contributed by atoms with E-state index in [1.165, 1.54) is 4.70 Å². The van der Waals surface area contributed by atoms with E-state index in [0.717, 1.165) is 9.86 Å². The summed E-state index contributed by atoms with van der Waals surface area (Å²) >= 11 is 3.21. The molecule has 1 aromatic heterocycles. The van der Waals surface area contributed by atoms with Crippen LogP contribution in [0.4, 0.5) is 0 Å². The number of aliphatic hydroxyl groups is 1. The Balaban J connectivity index is 0.00000128. The van der Waals surface area contributed by atoms with Crippen molar-refractivity contribution in [2.45, 2.75) is 10.4 Å². The molecule has 0 bridgehead atoms. The molecule has 3 N–H and O–H groups in total. The summed E-state index contributed by atoms with van der Waals surface area (Å²) in [7, 11) is 0. The highest BCUT2D eigenvalue weighted by Crippen LogP contribution is 2.29. The molecule has 0 fully saturated rings. The molecule has 0 aliphatic rings. The Morgan fingerprint density at radius 1 is 1.44 bits per heavy atom. The van der Waals surface area contributed by atoms with Crippen molar-refractivity contribution < 1.29 is 5.11 Å². The maximum absolute atomic E-state index is 9.33. The van der Waals surface area contributed by atoms with Crippen LogP contribution in [0.25, 0.3) is 10.2 Å². The molecule has 88 valence electrons. The Morgan fingerprint density at radius 2 is 2.19 bits per heavy atom. The van der Waals surface area contributed by atoms with Gasteiger partial charge in [0.25, 0.3) is 0 Å². The Hall–Kier alpha value is -0.330. The zero-order chi connectivity index (χ0) is 10.7. The van der Waals surface area contributed by atoms with Crippen molar-refractivity contribution >= 4 is 45.7 Å². The second-order valence-corrected chi connectivity index (χ2v) is 5.45. The summed E-state index contributed by atoms with van der Waals surface area (Å²) in [6, 6.07) is 8.03. The predicted molar refractivity (Wildman–Crippen MR) is 72.7 cm³/mol. The van der Waals surface area contributed by atoms with Gasteiger partial charge in [0.2, 0.25) is 0 Å². The maximum atomic E-state index is 9.33. The molecule has 0 aliphatic heterocycles. The molecule has 0 saturated carbocycles. The van der Waals surface area contributed by atoms with Gasteiger partial charge in [-0.25, -0.2) is 4.98 Å².